The van der Waals surface area contributed by atoms with Crippen LogP contribution in [0, 0.1) is 12.7 Å². The second-order valence-electron chi connectivity index (χ2n) is 5.97. The van der Waals surface area contributed by atoms with Gasteiger partial charge in [-0.2, -0.15) is 0 Å². The third kappa shape index (κ3) is 3.39. The highest BCUT2D eigenvalue weighted by atomic mass is 35.5. The van der Waals surface area contributed by atoms with Crippen LogP contribution in [0.15, 0.2) is 63.6 Å². The van der Waals surface area contributed by atoms with E-state index in [0.717, 1.165) is 5.56 Å². The highest BCUT2D eigenvalue weighted by molar-refractivity contribution is 6.31. The number of nitrogens with zero attached hydrogens (tertiary/aromatic N) is 2. The molecule has 1 amide bonds. The van der Waals surface area contributed by atoms with Crippen LogP contribution >= 0.6 is 11.6 Å². The van der Waals surface area contributed by atoms with Gasteiger partial charge in [0.1, 0.15) is 0 Å². The van der Waals surface area contributed by atoms with Crippen molar-refractivity contribution in [3.05, 3.63) is 76.8 Å². The molecule has 0 aliphatic heterocycles. The van der Waals surface area contributed by atoms with E-state index in [1.807, 2.05) is 0 Å². The highest BCUT2D eigenvalue weighted by Gasteiger charge is 2.19. The number of hydrogen-bond acceptors (Lipinski definition) is 5. The number of aryl methyl sites for hydroxylation is 1. The first kappa shape index (κ1) is 17.9. The Bertz CT molecular complexity index is 1160. The fourth-order valence-corrected chi connectivity index (χ4v) is 2.83. The molecule has 8 heteroatoms. The summed E-state index contributed by atoms with van der Waals surface area (Å²) in [5, 5.41) is 10.7. The van der Waals surface area contributed by atoms with Crippen LogP contribution in [0.5, 0.6) is 0 Å². The van der Waals surface area contributed by atoms with Gasteiger partial charge in [-0.05, 0) is 48.9 Å². The normalized spacial score (nSPS) is 10.8. The standard InChI is InChI=1S/C20H13ClFN3O3/c1-11-7-8-12(21)10-14(11)18(26)23-15-5-2-4-13(17(15)22)19-24-25-20(28-19)16-6-3-9-27-16/h2-10H,1H3,(H,23,26). The van der Waals surface area contributed by atoms with Gasteiger partial charge in [-0.3, -0.25) is 4.79 Å². The highest BCUT2D eigenvalue weighted by Crippen LogP contribution is 2.29. The smallest absolute Gasteiger partial charge is 0.283 e. The van der Waals surface area contributed by atoms with E-state index in [4.69, 9.17) is 20.4 Å². The van der Waals surface area contributed by atoms with E-state index in [1.54, 1.807) is 37.3 Å². The molecule has 0 bridgehead atoms. The van der Waals surface area contributed by atoms with Crippen molar-refractivity contribution in [2.24, 2.45) is 0 Å². The summed E-state index contributed by atoms with van der Waals surface area (Å²) in [4.78, 5) is 12.5. The first-order valence-corrected chi connectivity index (χ1v) is 8.64. The van der Waals surface area contributed by atoms with Crippen molar-refractivity contribution in [2.45, 2.75) is 6.92 Å². The fourth-order valence-electron chi connectivity index (χ4n) is 2.65. The van der Waals surface area contributed by atoms with Crippen LogP contribution in [0.3, 0.4) is 0 Å². The number of furan rings is 1. The number of carbonyl (C=O) groups is 1. The monoisotopic (exact) mass is 397 g/mol. The average Bonchev–Trinajstić information content (AvgIpc) is 3.36. The van der Waals surface area contributed by atoms with Crippen molar-refractivity contribution in [2.75, 3.05) is 5.32 Å². The van der Waals surface area contributed by atoms with Gasteiger partial charge in [0.05, 0.1) is 17.5 Å². The number of halogens is 2. The minimum Gasteiger partial charge on any atom is -0.459 e. The number of benzene rings is 2. The van der Waals surface area contributed by atoms with Gasteiger partial charge >= 0.3 is 0 Å². The van der Waals surface area contributed by atoms with Crippen molar-refractivity contribution in [3.63, 3.8) is 0 Å². The predicted molar refractivity (Wildman–Crippen MR) is 102 cm³/mol. The van der Waals surface area contributed by atoms with Crippen LogP contribution in [0.4, 0.5) is 10.1 Å². The topological polar surface area (TPSA) is 81.2 Å². The molecule has 4 rings (SSSR count). The zero-order valence-corrected chi connectivity index (χ0v) is 15.3. The van der Waals surface area contributed by atoms with E-state index in [1.165, 1.54) is 24.5 Å². The minimum absolute atomic E-state index is 0.0142. The van der Waals surface area contributed by atoms with Gasteiger partial charge in [0.15, 0.2) is 11.6 Å². The average molecular weight is 398 g/mol. The van der Waals surface area contributed by atoms with E-state index in [0.29, 0.717) is 16.3 Å². The van der Waals surface area contributed by atoms with Crippen molar-refractivity contribution in [1.29, 1.82) is 0 Å². The number of aromatic nitrogens is 2. The van der Waals surface area contributed by atoms with Crippen LogP contribution in [-0.4, -0.2) is 16.1 Å². The van der Waals surface area contributed by atoms with Crippen molar-refractivity contribution in [1.82, 2.24) is 10.2 Å². The molecule has 2 aromatic heterocycles. The first-order valence-electron chi connectivity index (χ1n) is 8.26. The van der Waals surface area contributed by atoms with E-state index in [9.17, 15) is 9.18 Å². The third-order valence-corrected chi connectivity index (χ3v) is 4.31. The summed E-state index contributed by atoms with van der Waals surface area (Å²) in [6.45, 7) is 1.77. The fraction of sp³-hybridized carbons (Fsp3) is 0.0500. The maximum atomic E-state index is 15.0. The van der Waals surface area contributed by atoms with E-state index in [-0.39, 0.29) is 23.0 Å². The molecule has 2 heterocycles. The third-order valence-electron chi connectivity index (χ3n) is 4.08. The van der Waals surface area contributed by atoms with E-state index >= 15 is 0 Å². The minimum atomic E-state index is -0.690. The van der Waals surface area contributed by atoms with E-state index < -0.39 is 11.7 Å². The zero-order chi connectivity index (χ0) is 19.7. The summed E-state index contributed by atoms with van der Waals surface area (Å²) < 4.78 is 25.6. The number of anilines is 1. The number of rotatable bonds is 4. The molecule has 0 atom stereocenters. The SMILES string of the molecule is Cc1ccc(Cl)cc1C(=O)Nc1cccc(-c2nnc(-c3ccco3)o2)c1F. The molecular formula is C20H13ClFN3O3. The Balaban J connectivity index is 1.64. The summed E-state index contributed by atoms with van der Waals surface area (Å²) in [5.74, 6) is -0.689. The Hall–Kier alpha value is -3.45. The Morgan fingerprint density at radius 1 is 1.11 bits per heavy atom. The molecule has 0 radical (unpaired) electrons. The van der Waals surface area contributed by atoms with Gasteiger partial charge in [0, 0.05) is 10.6 Å². The molecule has 0 unspecified atom stereocenters. The van der Waals surface area contributed by atoms with Gasteiger partial charge in [-0.15, -0.1) is 10.2 Å². The van der Waals surface area contributed by atoms with Gasteiger partial charge in [-0.1, -0.05) is 23.7 Å². The number of carbonyl (C=O) groups excluding carboxylic acids is 1. The summed E-state index contributed by atoms with van der Waals surface area (Å²) in [5.41, 5.74) is 1.12. The Labute approximate surface area is 164 Å². The van der Waals surface area contributed by atoms with Gasteiger partial charge in [0.25, 0.3) is 17.7 Å². The number of amides is 1. The molecule has 1 N–H and O–H groups in total. The lowest BCUT2D eigenvalue weighted by Crippen LogP contribution is -2.14. The summed E-state index contributed by atoms with van der Waals surface area (Å²) >= 11 is 5.96. The molecule has 0 fully saturated rings. The van der Waals surface area contributed by atoms with Crippen LogP contribution in [0.1, 0.15) is 15.9 Å². The lowest BCUT2D eigenvalue weighted by molar-refractivity contribution is 0.102. The van der Waals surface area contributed by atoms with Crippen LogP contribution < -0.4 is 5.32 Å². The predicted octanol–water partition coefficient (Wildman–Crippen LogP) is 5.35. The Morgan fingerprint density at radius 2 is 1.93 bits per heavy atom. The van der Waals surface area contributed by atoms with Crippen LogP contribution in [-0.2, 0) is 0 Å². The molecule has 0 spiro atoms. The lowest BCUT2D eigenvalue weighted by Gasteiger charge is -2.10. The molecule has 0 saturated heterocycles. The van der Waals surface area contributed by atoms with Crippen molar-refractivity contribution >= 4 is 23.2 Å². The quantitative estimate of drug-likeness (QED) is 0.502. The molecule has 6 nitrogen and oxygen atoms in total. The van der Waals surface area contributed by atoms with Crippen molar-refractivity contribution < 1.29 is 18.0 Å². The second-order valence-corrected chi connectivity index (χ2v) is 6.41. The first-order chi connectivity index (χ1) is 13.5. The van der Waals surface area contributed by atoms with Gasteiger partial charge < -0.3 is 14.2 Å². The maximum absolute atomic E-state index is 15.0. The number of nitrogens with one attached hydrogen (secondary N) is 1. The molecule has 0 saturated carbocycles. The van der Waals surface area contributed by atoms with Crippen LogP contribution in [0.2, 0.25) is 5.02 Å². The molecule has 4 aromatic rings. The Morgan fingerprint density at radius 3 is 2.71 bits per heavy atom. The van der Waals surface area contributed by atoms with Crippen molar-refractivity contribution in [3.8, 4) is 23.1 Å². The molecule has 0 aliphatic rings. The number of hydrogen-bond donors (Lipinski definition) is 1. The largest absolute Gasteiger partial charge is 0.459 e. The van der Waals surface area contributed by atoms with Gasteiger partial charge in [0.2, 0.25) is 0 Å². The molecule has 28 heavy (non-hydrogen) atoms. The summed E-state index contributed by atoms with van der Waals surface area (Å²) in [6, 6.07) is 12.8. The second kappa shape index (κ2) is 7.28. The lowest BCUT2D eigenvalue weighted by atomic mass is 10.1. The summed E-state index contributed by atoms with van der Waals surface area (Å²) in [6.07, 6.45) is 1.47. The van der Waals surface area contributed by atoms with Crippen LogP contribution in [0.25, 0.3) is 23.1 Å². The van der Waals surface area contributed by atoms with E-state index in [2.05, 4.69) is 15.5 Å². The molecular weight excluding hydrogens is 385 g/mol. The summed E-state index contributed by atoms with van der Waals surface area (Å²) in [7, 11) is 0. The zero-order valence-electron chi connectivity index (χ0n) is 14.6. The maximum Gasteiger partial charge on any atom is 0.283 e. The molecule has 2 aromatic carbocycles. The Kier molecular flexibility index (Phi) is 4.67. The van der Waals surface area contributed by atoms with Gasteiger partial charge in [-0.25, -0.2) is 4.39 Å². The molecule has 0 aliphatic carbocycles. The molecule has 140 valence electrons.